The molecular formula is C10H20N2O4. The molecule has 0 aromatic carbocycles. The topological polar surface area (TPSA) is 113 Å². The van der Waals surface area contributed by atoms with Crippen LogP contribution < -0.4 is 11.1 Å². The van der Waals surface area contributed by atoms with Crippen LogP contribution in [0.4, 0.5) is 0 Å². The molecule has 0 bridgehead atoms. The van der Waals surface area contributed by atoms with E-state index in [1.807, 2.05) is 6.92 Å². The lowest BCUT2D eigenvalue weighted by Crippen LogP contribution is -2.54. The molecule has 6 nitrogen and oxygen atoms in total. The Bertz CT molecular complexity index is 255. The van der Waals surface area contributed by atoms with Crippen LogP contribution >= 0.6 is 0 Å². The molecule has 0 heterocycles. The maximum atomic E-state index is 11.5. The average molecular weight is 232 g/mol. The molecule has 1 amide bonds. The Hall–Kier alpha value is -1.14. The summed E-state index contributed by atoms with van der Waals surface area (Å²) in [4.78, 5) is 22.4. The number of nitrogens with one attached hydrogen (secondary N) is 1. The molecule has 0 aromatic heterocycles. The molecule has 0 aliphatic rings. The van der Waals surface area contributed by atoms with E-state index < -0.39 is 30.1 Å². The van der Waals surface area contributed by atoms with Crippen molar-refractivity contribution in [2.45, 2.75) is 45.4 Å². The summed E-state index contributed by atoms with van der Waals surface area (Å²) in [5.74, 6) is -1.94. The highest BCUT2D eigenvalue weighted by Gasteiger charge is 2.28. The number of aliphatic carboxylic acids is 1. The lowest BCUT2D eigenvalue weighted by Gasteiger charge is -2.23. The minimum atomic E-state index is -1.11. The van der Waals surface area contributed by atoms with E-state index in [1.165, 1.54) is 6.92 Å². The third kappa shape index (κ3) is 4.16. The van der Waals surface area contributed by atoms with Gasteiger partial charge in [0.15, 0.2) is 0 Å². The normalized spacial score (nSPS) is 18.3. The molecule has 0 spiro atoms. The van der Waals surface area contributed by atoms with Crippen LogP contribution in [-0.2, 0) is 9.59 Å². The van der Waals surface area contributed by atoms with Crippen molar-refractivity contribution in [3.8, 4) is 0 Å². The molecule has 0 fully saturated rings. The third-order valence-electron chi connectivity index (χ3n) is 2.60. The zero-order valence-corrected chi connectivity index (χ0v) is 9.80. The summed E-state index contributed by atoms with van der Waals surface area (Å²) in [5.41, 5.74) is 5.40. The van der Waals surface area contributed by atoms with Crippen molar-refractivity contribution in [2.75, 3.05) is 0 Å². The lowest BCUT2D eigenvalue weighted by atomic mass is 9.98. The number of hydrogen-bond donors (Lipinski definition) is 4. The average Bonchev–Trinajstić information content (AvgIpc) is 2.22. The molecule has 16 heavy (non-hydrogen) atoms. The van der Waals surface area contributed by atoms with Gasteiger partial charge in [-0.25, -0.2) is 4.79 Å². The molecular weight excluding hydrogens is 212 g/mol. The van der Waals surface area contributed by atoms with Crippen LogP contribution in [0.1, 0.15) is 27.2 Å². The van der Waals surface area contributed by atoms with Crippen LogP contribution in [0.2, 0.25) is 0 Å². The Kier molecular flexibility index (Phi) is 5.98. The Balaban J connectivity index is 4.52. The highest BCUT2D eigenvalue weighted by atomic mass is 16.4. The second-order valence-corrected chi connectivity index (χ2v) is 3.98. The van der Waals surface area contributed by atoms with Gasteiger partial charge in [-0.1, -0.05) is 20.3 Å². The zero-order chi connectivity index (χ0) is 12.9. The van der Waals surface area contributed by atoms with Crippen molar-refractivity contribution in [2.24, 2.45) is 11.7 Å². The summed E-state index contributed by atoms with van der Waals surface area (Å²) in [6.07, 6.45) is -0.382. The molecule has 0 saturated carbocycles. The SMILES string of the molecule is CC[C@H](C)[C@H](NC(=O)[C@@H](N)[C@@H](C)O)C(=O)O. The molecule has 6 heteroatoms. The number of carboxylic acid groups (broad SMARTS) is 1. The van der Waals surface area contributed by atoms with Crippen molar-refractivity contribution < 1.29 is 19.8 Å². The Morgan fingerprint density at radius 2 is 1.88 bits per heavy atom. The predicted octanol–water partition coefficient (Wildman–Crippen LogP) is -0.690. The number of amides is 1. The van der Waals surface area contributed by atoms with Crippen LogP contribution in [0, 0.1) is 5.92 Å². The fraction of sp³-hybridized carbons (Fsp3) is 0.800. The van der Waals surface area contributed by atoms with Crippen LogP contribution in [0.15, 0.2) is 0 Å². The van der Waals surface area contributed by atoms with Crippen LogP contribution in [-0.4, -0.2) is 40.3 Å². The number of rotatable bonds is 6. The van der Waals surface area contributed by atoms with E-state index in [0.717, 1.165) is 0 Å². The lowest BCUT2D eigenvalue weighted by molar-refractivity contribution is -0.143. The molecule has 5 N–H and O–H groups in total. The molecule has 4 atom stereocenters. The number of carboxylic acids is 1. The third-order valence-corrected chi connectivity index (χ3v) is 2.60. The van der Waals surface area contributed by atoms with Crippen molar-refractivity contribution in [1.82, 2.24) is 5.32 Å². The molecule has 0 unspecified atom stereocenters. The summed E-state index contributed by atoms with van der Waals surface area (Å²) >= 11 is 0. The van der Waals surface area contributed by atoms with Gasteiger partial charge in [-0.3, -0.25) is 4.79 Å². The minimum absolute atomic E-state index is 0.192. The van der Waals surface area contributed by atoms with Gasteiger partial charge in [0.05, 0.1) is 6.10 Å². The quantitative estimate of drug-likeness (QED) is 0.484. The van der Waals surface area contributed by atoms with Crippen LogP contribution in [0.5, 0.6) is 0 Å². The van der Waals surface area contributed by atoms with Gasteiger partial charge in [-0.15, -0.1) is 0 Å². The standard InChI is InChI=1S/C10H20N2O4/c1-4-5(2)8(10(15)16)12-9(14)7(11)6(3)13/h5-8,13H,4,11H2,1-3H3,(H,12,14)(H,15,16)/t5-,6+,7-,8-/m0/s1. The molecule has 0 aromatic rings. The van der Waals surface area contributed by atoms with E-state index in [0.29, 0.717) is 6.42 Å². The highest BCUT2D eigenvalue weighted by molar-refractivity contribution is 5.87. The Morgan fingerprint density at radius 3 is 2.19 bits per heavy atom. The highest BCUT2D eigenvalue weighted by Crippen LogP contribution is 2.08. The smallest absolute Gasteiger partial charge is 0.326 e. The van der Waals surface area contributed by atoms with E-state index >= 15 is 0 Å². The second kappa shape index (κ2) is 6.44. The summed E-state index contributed by atoms with van der Waals surface area (Å²) in [6.45, 7) is 4.94. The Labute approximate surface area is 94.8 Å². The minimum Gasteiger partial charge on any atom is -0.480 e. The number of hydrogen-bond acceptors (Lipinski definition) is 4. The first kappa shape index (κ1) is 14.9. The maximum absolute atomic E-state index is 11.5. The summed E-state index contributed by atoms with van der Waals surface area (Å²) in [5, 5.41) is 20.4. The van der Waals surface area contributed by atoms with E-state index in [-0.39, 0.29) is 5.92 Å². The van der Waals surface area contributed by atoms with Gasteiger partial charge in [0.2, 0.25) is 5.91 Å². The summed E-state index contributed by atoms with van der Waals surface area (Å²) in [7, 11) is 0. The van der Waals surface area contributed by atoms with E-state index in [2.05, 4.69) is 5.32 Å². The van der Waals surface area contributed by atoms with Crippen LogP contribution in [0.3, 0.4) is 0 Å². The number of carbonyl (C=O) groups is 2. The van der Waals surface area contributed by atoms with Crippen molar-refractivity contribution >= 4 is 11.9 Å². The largest absolute Gasteiger partial charge is 0.480 e. The fourth-order valence-electron chi connectivity index (χ4n) is 1.15. The fourth-order valence-corrected chi connectivity index (χ4v) is 1.15. The molecule has 0 aliphatic heterocycles. The first-order valence-corrected chi connectivity index (χ1v) is 5.28. The van der Waals surface area contributed by atoms with E-state index in [1.54, 1.807) is 6.92 Å². The van der Waals surface area contributed by atoms with Crippen molar-refractivity contribution in [1.29, 1.82) is 0 Å². The van der Waals surface area contributed by atoms with Crippen molar-refractivity contribution in [3.63, 3.8) is 0 Å². The number of carbonyl (C=O) groups excluding carboxylic acids is 1. The van der Waals surface area contributed by atoms with Gasteiger partial charge < -0.3 is 21.3 Å². The van der Waals surface area contributed by atoms with E-state index in [9.17, 15) is 9.59 Å². The number of aliphatic hydroxyl groups excluding tert-OH is 1. The summed E-state index contributed by atoms with van der Waals surface area (Å²) in [6, 6.07) is -2.08. The Morgan fingerprint density at radius 1 is 1.38 bits per heavy atom. The summed E-state index contributed by atoms with van der Waals surface area (Å²) < 4.78 is 0. The van der Waals surface area contributed by atoms with Gasteiger partial charge in [-0.05, 0) is 12.8 Å². The molecule has 94 valence electrons. The monoisotopic (exact) mass is 232 g/mol. The van der Waals surface area contributed by atoms with Gasteiger partial charge in [0.1, 0.15) is 12.1 Å². The first-order valence-electron chi connectivity index (χ1n) is 5.28. The van der Waals surface area contributed by atoms with E-state index in [4.69, 9.17) is 15.9 Å². The first-order chi connectivity index (χ1) is 7.31. The number of nitrogens with two attached hydrogens (primary N) is 1. The molecule has 0 saturated heterocycles. The molecule has 0 rings (SSSR count). The van der Waals surface area contributed by atoms with Crippen LogP contribution in [0.25, 0.3) is 0 Å². The van der Waals surface area contributed by atoms with Gasteiger partial charge in [0.25, 0.3) is 0 Å². The van der Waals surface area contributed by atoms with Gasteiger partial charge in [0, 0.05) is 0 Å². The number of aliphatic hydroxyl groups is 1. The predicted molar refractivity (Wildman–Crippen MR) is 58.7 cm³/mol. The van der Waals surface area contributed by atoms with Gasteiger partial charge in [-0.2, -0.15) is 0 Å². The maximum Gasteiger partial charge on any atom is 0.326 e. The second-order valence-electron chi connectivity index (χ2n) is 3.98. The van der Waals surface area contributed by atoms with Gasteiger partial charge >= 0.3 is 5.97 Å². The molecule has 0 radical (unpaired) electrons. The molecule has 0 aliphatic carbocycles. The van der Waals surface area contributed by atoms with Crippen molar-refractivity contribution in [3.05, 3.63) is 0 Å². The zero-order valence-electron chi connectivity index (χ0n) is 9.80.